The summed E-state index contributed by atoms with van der Waals surface area (Å²) >= 11 is 4.06. The van der Waals surface area contributed by atoms with Gasteiger partial charge in [0.2, 0.25) is 11.1 Å². The van der Waals surface area contributed by atoms with Crippen LogP contribution in [-0.4, -0.2) is 77.0 Å². The fourth-order valence-corrected chi connectivity index (χ4v) is 6.43. The van der Waals surface area contributed by atoms with Crippen LogP contribution < -0.4 is 5.32 Å². The molecule has 33 heavy (non-hydrogen) atoms. The Labute approximate surface area is 200 Å². The predicted molar refractivity (Wildman–Crippen MR) is 121 cm³/mol. The molecule has 2 amide bonds. The first-order valence-electron chi connectivity index (χ1n) is 9.81. The van der Waals surface area contributed by atoms with E-state index < -0.39 is 29.3 Å². The minimum atomic E-state index is -1.20. The summed E-state index contributed by atoms with van der Waals surface area (Å²) < 4.78 is 0. The number of aromatic nitrogens is 3. The maximum atomic E-state index is 12.7. The molecular weight excluding hydrogens is 490 g/mol. The molecule has 1 saturated heterocycles. The van der Waals surface area contributed by atoms with Gasteiger partial charge in [0.15, 0.2) is 0 Å². The number of carboxylic acids is 2. The molecular formula is C19H19N5O6S3. The van der Waals surface area contributed by atoms with E-state index in [9.17, 15) is 24.3 Å². The molecule has 4 N–H and O–H groups in total. The number of hydrogen-bond acceptors (Lipinski definition) is 9. The Morgan fingerprint density at radius 2 is 2.15 bits per heavy atom. The molecule has 4 rings (SSSR count). The molecule has 0 radical (unpaired) electrons. The van der Waals surface area contributed by atoms with Crippen LogP contribution in [0.2, 0.25) is 0 Å². The van der Waals surface area contributed by atoms with Crippen LogP contribution in [-0.2, 0) is 32.0 Å². The number of amides is 2. The van der Waals surface area contributed by atoms with Gasteiger partial charge in [-0.05, 0) is 17.0 Å². The number of thiophene rings is 1. The van der Waals surface area contributed by atoms with Crippen molar-refractivity contribution < 1.29 is 29.4 Å². The van der Waals surface area contributed by atoms with E-state index in [1.807, 2.05) is 17.5 Å². The molecule has 2 atom stereocenters. The Balaban J connectivity index is 1.39. The summed E-state index contributed by atoms with van der Waals surface area (Å²) in [4.78, 5) is 54.0. The van der Waals surface area contributed by atoms with Crippen molar-refractivity contribution >= 4 is 58.6 Å². The van der Waals surface area contributed by atoms with E-state index >= 15 is 0 Å². The second-order valence-corrected chi connectivity index (χ2v) is 10.3. The van der Waals surface area contributed by atoms with E-state index in [1.165, 1.54) is 39.8 Å². The molecule has 2 aliphatic rings. The van der Waals surface area contributed by atoms with Crippen LogP contribution in [0.5, 0.6) is 0 Å². The fraction of sp³-hybridized carbons (Fsp3) is 0.368. The summed E-state index contributed by atoms with van der Waals surface area (Å²) in [6.45, 7) is 0. The summed E-state index contributed by atoms with van der Waals surface area (Å²) in [5.41, 5.74) is 0.490. The minimum absolute atomic E-state index is 0.0679. The first kappa shape index (κ1) is 23.3. The molecule has 1 unspecified atom stereocenters. The Hall–Kier alpha value is -2.84. The van der Waals surface area contributed by atoms with Crippen molar-refractivity contribution in [2.24, 2.45) is 0 Å². The molecule has 0 aliphatic carbocycles. The molecule has 2 aliphatic heterocycles. The van der Waals surface area contributed by atoms with Gasteiger partial charge in [-0.15, -0.1) is 28.2 Å². The SMILES string of the molecule is O=C(O)CCc1nc(SCC2=C(C(=O)O)N3C(=O)C(NC(=O)Cc4cccs4)[C@H]3SC2)n[nH]1. The number of H-pyrrole nitrogens is 1. The molecule has 1 fully saturated rings. The Kier molecular flexibility index (Phi) is 7.05. The molecule has 0 bridgehead atoms. The van der Waals surface area contributed by atoms with Crippen LogP contribution in [0, 0.1) is 0 Å². The van der Waals surface area contributed by atoms with Gasteiger partial charge in [0, 0.05) is 22.8 Å². The third kappa shape index (κ3) is 5.23. The van der Waals surface area contributed by atoms with E-state index in [-0.39, 0.29) is 36.6 Å². The highest BCUT2D eigenvalue weighted by Gasteiger charge is 2.54. The third-order valence-electron chi connectivity index (χ3n) is 4.94. The molecule has 11 nitrogen and oxygen atoms in total. The average molecular weight is 510 g/mol. The molecule has 0 saturated carbocycles. The first-order valence-corrected chi connectivity index (χ1v) is 12.7. The van der Waals surface area contributed by atoms with Crippen molar-refractivity contribution in [2.45, 2.75) is 35.8 Å². The summed E-state index contributed by atoms with van der Waals surface area (Å²) in [5, 5.41) is 29.7. The first-order chi connectivity index (χ1) is 15.8. The van der Waals surface area contributed by atoms with Gasteiger partial charge in [0.1, 0.15) is 22.9 Å². The largest absolute Gasteiger partial charge is 0.481 e. The van der Waals surface area contributed by atoms with Gasteiger partial charge in [-0.3, -0.25) is 24.4 Å². The lowest BCUT2D eigenvalue weighted by Crippen LogP contribution is -2.70. The number of nitrogens with zero attached hydrogens (tertiary/aromatic N) is 3. The Bertz CT molecular complexity index is 1120. The number of aliphatic carboxylic acids is 2. The molecule has 2 aromatic heterocycles. The highest BCUT2D eigenvalue weighted by Crippen LogP contribution is 2.41. The Morgan fingerprint density at radius 3 is 2.85 bits per heavy atom. The zero-order valence-electron chi connectivity index (χ0n) is 17.0. The van der Waals surface area contributed by atoms with Crippen LogP contribution in [0.15, 0.2) is 33.9 Å². The van der Waals surface area contributed by atoms with Crippen LogP contribution in [0.4, 0.5) is 0 Å². The van der Waals surface area contributed by atoms with Crippen molar-refractivity contribution in [1.82, 2.24) is 25.4 Å². The number of fused-ring (bicyclic) bond motifs is 1. The van der Waals surface area contributed by atoms with Crippen LogP contribution in [0.1, 0.15) is 17.1 Å². The van der Waals surface area contributed by atoms with E-state index in [1.54, 1.807) is 0 Å². The third-order valence-corrected chi connectivity index (χ3v) is 8.09. The molecule has 0 aromatic carbocycles. The van der Waals surface area contributed by atoms with Crippen LogP contribution >= 0.6 is 34.9 Å². The molecule has 2 aromatic rings. The Morgan fingerprint density at radius 1 is 1.33 bits per heavy atom. The molecule has 14 heteroatoms. The van der Waals surface area contributed by atoms with E-state index in [0.29, 0.717) is 22.3 Å². The van der Waals surface area contributed by atoms with Crippen molar-refractivity contribution in [2.75, 3.05) is 11.5 Å². The normalized spacial score (nSPS) is 19.8. The van der Waals surface area contributed by atoms with Crippen molar-refractivity contribution in [3.63, 3.8) is 0 Å². The smallest absolute Gasteiger partial charge is 0.352 e. The average Bonchev–Trinajstić information content (AvgIpc) is 3.45. The number of nitrogens with one attached hydrogen (secondary N) is 2. The maximum Gasteiger partial charge on any atom is 0.352 e. The van der Waals surface area contributed by atoms with Gasteiger partial charge in [0.25, 0.3) is 5.91 Å². The highest BCUT2D eigenvalue weighted by molar-refractivity contribution is 8.01. The van der Waals surface area contributed by atoms with E-state index in [2.05, 4.69) is 20.5 Å². The van der Waals surface area contributed by atoms with Gasteiger partial charge in [0.05, 0.1) is 12.8 Å². The number of carbonyl (C=O) groups excluding carboxylic acids is 2. The number of β-lactam (4-membered cyclic amide) rings is 1. The van der Waals surface area contributed by atoms with Gasteiger partial charge < -0.3 is 15.5 Å². The summed E-state index contributed by atoms with van der Waals surface area (Å²) in [6, 6.07) is 2.93. The predicted octanol–water partition coefficient (Wildman–Crippen LogP) is 0.957. The van der Waals surface area contributed by atoms with Gasteiger partial charge in [-0.2, -0.15) is 0 Å². The number of rotatable bonds is 10. The number of thioether (sulfide) groups is 2. The number of hydrogen-bond donors (Lipinski definition) is 4. The van der Waals surface area contributed by atoms with Crippen molar-refractivity contribution in [3.8, 4) is 0 Å². The van der Waals surface area contributed by atoms with Crippen molar-refractivity contribution in [1.29, 1.82) is 0 Å². The molecule has 174 valence electrons. The lowest BCUT2D eigenvalue weighted by molar-refractivity contribution is -0.150. The zero-order valence-corrected chi connectivity index (χ0v) is 19.5. The number of aryl methyl sites for hydroxylation is 1. The number of carboxylic acid groups (broad SMARTS) is 2. The number of aromatic amines is 1. The monoisotopic (exact) mass is 509 g/mol. The zero-order chi connectivity index (χ0) is 23.5. The topological polar surface area (TPSA) is 166 Å². The highest BCUT2D eigenvalue weighted by atomic mass is 32.2. The van der Waals surface area contributed by atoms with Gasteiger partial charge >= 0.3 is 11.9 Å². The lowest BCUT2D eigenvalue weighted by Gasteiger charge is -2.49. The van der Waals surface area contributed by atoms with E-state index in [4.69, 9.17) is 5.11 Å². The molecule has 0 spiro atoms. The van der Waals surface area contributed by atoms with Crippen molar-refractivity contribution in [3.05, 3.63) is 39.5 Å². The molecule has 4 heterocycles. The lowest BCUT2D eigenvalue weighted by atomic mass is 10.0. The van der Waals surface area contributed by atoms with E-state index in [0.717, 1.165) is 4.88 Å². The maximum absolute atomic E-state index is 12.7. The van der Waals surface area contributed by atoms with Gasteiger partial charge in [-0.1, -0.05) is 17.8 Å². The van der Waals surface area contributed by atoms with Crippen LogP contribution in [0.25, 0.3) is 0 Å². The quantitative estimate of drug-likeness (QED) is 0.268. The second kappa shape index (κ2) is 9.97. The standard InChI is InChI=1S/C19H19N5O6S3/c25-12(6-10-2-1-5-31-10)21-14-16(28)24-15(18(29)30)9(7-32-17(14)24)8-33-19-20-11(22-23-19)3-4-13(26)27/h1-2,5,14,17H,3-4,6-8H2,(H,21,25)(H,26,27)(H,29,30)(H,20,22,23)/t14?,17-/m1/s1. The minimum Gasteiger partial charge on any atom is -0.481 e. The number of carbonyl (C=O) groups is 4. The summed E-state index contributed by atoms with van der Waals surface area (Å²) in [5.74, 6) is -1.78. The van der Waals surface area contributed by atoms with Gasteiger partial charge in [-0.25, -0.2) is 9.78 Å². The summed E-state index contributed by atoms with van der Waals surface area (Å²) in [7, 11) is 0. The summed E-state index contributed by atoms with van der Waals surface area (Å²) in [6.07, 6.45) is 0.312. The fourth-order valence-electron chi connectivity index (χ4n) is 3.42. The second-order valence-electron chi connectivity index (χ2n) is 7.22. The van der Waals surface area contributed by atoms with Crippen LogP contribution in [0.3, 0.4) is 0 Å².